The molecule has 3 saturated heterocycles. The van der Waals surface area contributed by atoms with E-state index < -0.39 is 6.17 Å². The van der Waals surface area contributed by atoms with Crippen LogP contribution in [0.4, 0.5) is 4.39 Å². The molecule has 1 amide bonds. The monoisotopic (exact) mass is 534 g/mol. The number of likely N-dealkylation sites (tertiary alicyclic amines) is 2. The molecular formula is C29H51FN6O2. The van der Waals surface area contributed by atoms with Crippen molar-refractivity contribution in [1.29, 1.82) is 5.41 Å². The highest BCUT2D eigenvalue weighted by molar-refractivity contribution is 5.83. The standard InChI is InChI=1S/C29H51FN6O2/c30-23-4-6-24(7-5-23)38-27-8-1-20(17-34-27)18-36-25-16-22(28(32)33)3-2-21(25)15-26(36)29(37)35-13-10-19(9-12-31)11-14-35/h19-27,34H,1-18,31H2,(H3,32,33). The van der Waals surface area contributed by atoms with E-state index >= 15 is 0 Å². The molecule has 0 aromatic rings. The SMILES string of the molecule is N=C(N)C1CCC2CC(C(=O)N3CCC(CCN)CC3)N(CC3CCC(OC4CCC(F)CC4)NC3)C2C1. The number of hydrogen-bond donors (Lipinski definition) is 4. The quantitative estimate of drug-likeness (QED) is 0.281. The molecule has 5 rings (SSSR count). The summed E-state index contributed by atoms with van der Waals surface area (Å²) < 4.78 is 19.8. The molecule has 8 nitrogen and oxygen atoms in total. The van der Waals surface area contributed by atoms with Gasteiger partial charge in [0.1, 0.15) is 12.4 Å². The highest BCUT2D eigenvalue weighted by Gasteiger charge is 2.49. The Morgan fingerprint density at radius 3 is 2.39 bits per heavy atom. The number of carbonyl (C=O) groups is 1. The van der Waals surface area contributed by atoms with Crippen LogP contribution >= 0.6 is 0 Å². The molecule has 5 aliphatic rings. The predicted octanol–water partition coefficient (Wildman–Crippen LogP) is 2.99. The molecule has 0 aromatic heterocycles. The molecule has 6 atom stereocenters. The van der Waals surface area contributed by atoms with Gasteiger partial charge in [0.25, 0.3) is 0 Å². The van der Waals surface area contributed by atoms with Crippen LogP contribution in [0, 0.1) is 29.1 Å². The molecule has 0 aromatic carbocycles. The van der Waals surface area contributed by atoms with Gasteiger partial charge in [-0.15, -0.1) is 0 Å². The molecule has 2 aliphatic carbocycles. The molecule has 5 fully saturated rings. The summed E-state index contributed by atoms with van der Waals surface area (Å²) in [6.07, 6.45) is 11.6. The van der Waals surface area contributed by atoms with Crippen LogP contribution in [0.1, 0.15) is 83.5 Å². The van der Waals surface area contributed by atoms with E-state index in [9.17, 15) is 9.18 Å². The Kier molecular flexibility index (Phi) is 9.60. The largest absolute Gasteiger partial charge is 0.387 e. The zero-order valence-corrected chi connectivity index (χ0v) is 23.2. The lowest BCUT2D eigenvalue weighted by atomic mass is 9.78. The number of piperidine rings is 2. The summed E-state index contributed by atoms with van der Waals surface area (Å²) in [6.45, 7) is 4.24. The van der Waals surface area contributed by atoms with Gasteiger partial charge in [-0.3, -0.25) is 20.4 Å². The third kappa shape index (κ3) is 6.70. The molecule has 0 radical (unpaired) electrons. The second kappa shape index (κ2) is 12.9. The number of nitrogens with two attached hydrogens (primary N) is 2. The zero-order valence-electron chi connectivity index (χ0n) is 23.2. The lowest BCUT2D eigenvalue weighted by Crippen LogP contribution is -2.54. The fraction of sp³-hybridized carbons (Fsp3) is 0.931. The summed E-state index contributed by atoms with van der Waals surface area (Å²) in [5.74, 6) is 2.41. The molecule has 0 bridgehead atoms. The van der Waals surface area contributed by atoms with Crippen molar-refractivity contribution in [2.45, 2.75) is 114 Å². The van der Waals surface area contributed by atoms with Crippen molar-refractivity contribution in [3.8, 4) is 0 Å². The first-order chi connectivity index (χ1) is 18.4. The number of rotatable bonds is 8. The summed E-state index contributed by atoms with van der Waals surface area (Å²) in [5.41, 5.74) is 11.7. The van der Waals surface area contributed by atoms with Crippen LogP contribution < -0.4 is 16.8 Å². The third-order valence-corrected chi connectivity index (χ3v) is 10.4. The number of amides is 1. The Bertz CT molecular complexity index is 792. The number of alkyl halides is 1. The van der Waals surface area contributed by atoms with E-state index in [1.165, 1.54) is 0 Å². The van der Waals surface area contributed by atoms with Gasteiger partial charge in [-0.25, -0.2) is 4.39 Å². The van der Waals surface area contributed by atoms with E-state index in [0.717, 1.165) is 103 Å². The summed E-state index contributed by atoms with van der Waals surface area (Å²) in [5, 5.41) is 11.7. The Morgan fingerprint density at radius 1 is 0.974 bits per heavy atom. The molecule has 38 heavy (non-hydrogen) atoms. The molecule has 9 heteroatoms. The number of nitrogens with one attached hydrogen (secondary N) is 2. The molecule has 6 unspecified atom stereocenters. The van der Waals surface area contributed by atoms with Crippen molar-refractivity contribution in [2.75, 3.05) is 32.7 Å². The zero-order chi connectivity index (χ0) is 26.6. The topological polar surface area (TPSA) is 121 Å². The highest BCUT2D eigenvalue weighted by atomic mass is 19.1. The van der Waals surface area contributed by atoms with Crippen molar-refractivity contribution < 1.29 is 13.9 Å². The number of amidine groups is 1. The first-order valence-corrected chi connectivity index (χ1v) is 15.5. The Labute approximate surface area is 228 Å². The second-order valence-electron chi connectivity index (χ2n) is 12.9. The van der Waals surface area contributed by atoms with Crippen LogP contribution in [0.5, 0.6) is 0 Å². The number of fused-ring (bicyclic) bond motifs is 1. The minimum atomic E-state index is -0.654. The van der Waals surface area contributed by atoms with E-state index in [1.807, 2.05) is 0 Å². The average Bonchev–Trinajstić information content (AvgIpc) is 3.28. The number of halogens is 1. The fourth-order valence-electron chi connectivity index (χ4n) is 8.07. The van der Waals surface area contributed by atoms with Crippen LogP contribution in [0.25, 0.3) is 0 Å². The van der Waals surface area contributed by atoms with E-state index in [1.54, 1.807) is 0 Å². The molecule has 3 aliphatic heterocycles. The van der Waals surface area contributed by atoms with Crippen molar-refractivity contribution in [3.05, 3.63) is 0 Å². The van der Waals surface area contributed by atoms with Gasteiger partial charge in [0, 0.05) is 38.1 Å². The molecule has 6 N–H and O–H groups in total. The first-order valence-electron chi connectivity index (χ1n) is 15.5. The lowest BCUT2D eigenvalue weighted by molar-refractivity contribution is -0.138. The third-order valence-electron chi connectivity index (χ3n) is 10.4. The maximum atomic E-state index is 13.9. The maximum Gasteiger partial charge on any atom is 0.239 e. The summed E-state index contributed by atoms with van der Waals surface area (Å²) in [4.78, 5) is 18.6. The summed E-state index contributed by atoms with van der Waals surface area (Å²) in [7, 11) is 0. The smallest absolute Gasteiger partial charge is 0.239 e. The fourth-order valence-corrected chi connectivity index (χ4v) is 8.07. The van der Waals surface area contributed by atoms with E-state index in [2.05, 4.69) is 15.1 Å². The number of carbonyl (C=O) groups excluding carboxylic acids is 1. The van der Waals surface area contributed by atoms with Crippen molar-refractivity contribution in [2.24, 2.45) is 35.1 Å². The van der Waals surface area contributed by atoms with Crippen LogP contribution in [-0.2, 0) is 9.53 Å². The van der Waals surface area contributed by atoms with Crippen molar-refractivity contribution in [1.82, 2.24) is 15.1 Å². The first kappa shape index (κ1) is 28.2. The van der Waals surface area contributed by atoms with Gasteiger partial charge in [0.2, 0.25) is 5.91 Å². The van der Waals surface area contributed by atoms with Crippen molar-refractivity contribution >= 4 is 11.7 Å². The van der Waals surface area contributed by atoms with E-state index in [0.29, 0.717) is 48.4 Å². The van der Waals surface area contributed by atoms with E-state index in [4.69, 9.17) is 21.6 Å². The van der Waals surface area contributed by atoms with Gasteiger partial charge in [0.15, 0.2) is 0 Å². The van der Waals surface area contributed by atoms with Gasteiger partial charge >= 0.3 is 0 Å². The van der Waals surface area contributed by atoms with Gasteiger partial charge < -0.3 is 21.1 Å². The van der Waals surface area contributed by atoms with E-state index in [-0.39, 0.29) is 24.3 Å². The Hall–Kier alpha value is -1.29. The van der Waals surface area contributed by atoms with Crippen molar-refractivity contribution in [3.63, 3.8) is 0 Å². The molecule has 0 spiro atoms. The van der Waals surface area contributed by atoms with Crippen LogP contribution in [0.2, 0.25) is 0 Å². The lowest BCUT2D eigenvalue weighted by Gasteiger charge is -2.41. The molecule has 216 valence electrons. The number of ether oxygens (including phenoxy) is 1. The predicted molar refractivity (Wildman–Crippen MR) is 147 cm³/mol. The van der Waals surface area contributed by atoms with Gasteiger partial charge in [-0.1, -0.05) is 0 Å². The maximum absolute atomic E-state index is 13.9. The van der Waals surface area contributed by atoms with Crippen LogP contribution in [-0.4, -0.2) is 84.9 Å². The summed E-state index contributed by atoms with van der Waals surface area (Å²) >= 11 is 0. The molecule has 3 heterocycles. The van der Waals surface area contributed by atoms with Gasteiger partial charge in [-0.2, -0.15) is 0 Å². The van der Waals surface area contributed by atoms with Gasteiger partial charge in [-0.05, 0) is 108 Å². The van der Waals surface area contributed by atoms with Crippen LogP contribution in [0.15, 0.2) is 0 Å². The van der Waals surface area contributed by atoms with Crippen LogP contribution in [0.3, 0.4) is 0 Å². The van der Waals surface area contributed by atoms with Gasteiger partial charge in [0.05, 0.1) is 18.0 Å². The second-order valence-corrected chi connectivity index (χ2v) is 12.9. The Balaban J connectivity index is 1.19. The molecular weight excluding hydrogens is 483 g/mol. The number of hydrogen-bond acceptors (Lipinski definition) is 6. The minimum Gasteiger partial charge on any atom is -0.387 e. The minimum absolute atomic E-state index is 0.0494. The Morgan fingerprint density at radius 2 is 1.74 bits per heavy atom. The normalized spacial score (nSPS) is 39.2. The molecule has 2 saturated carbocycles. The summed E-state index contributed by atoms with van der Waals surface area (Å²) in [6, 6.07) is 0.290. The number of nitrogens with zero attached hydrogens (tertiary/aromatic N) is 2. The highest BCUT2D eigenvalue weighted by Crippen LogP contribution is 2.43. The average molecular weight is 535 g/mol.